The summed E-state index contributed by atoms with van der Waals surface area (Å²) < 4.78 is 25.1. The molecule has 0 aromatic carbocycles. The van der Waals surface area contributed by atoms with Gasteiger partial charge in [-0.3, -0.25) is 5.10 Å². The molecule has 0 saturated carbocycles. The Kier molecular flexibility index (Phi) is 3.17. The van der Waals surface area contributed by atoms with E-state index in [-0.39, 0.29) is 11.4 Å². The van der Waals surface area contributed by atoms with E-state index in [2.05, 4.69) is 16.1 Å². The van der Waals surface area contributed by atoms with Gasteiger partial charge < -0.3 is 0 Å². The third-order valence-electron chi connectivity index (χ3n) is 2.04. The average molecular weight is 227 g/mol. The Bertz CT molecular complexity index is 476. The van der Waals surface area contributed by atoms with Crippen molar-refractivity contribution in [1.29, 1.82) is 0 Å². The van der Waals surface area contributed by atoms with Crippen molar-refractivity contribution in [3.8, 4) is 12.3 Å². The van der Waals surface area contributed by atoms with Crippen LogP contribution in [0.3, 0.4) is 0 Å². The van der Waals surface area contributed by atoms with Crippen molar-refractivity contribution >= 4 is 10.0 Å². The van der Waals surface area contributed by atoms with Gasteiger partial charge in [0.1, 0.15) is 4.90 Å². The van der Waals surface area contributed by atoms with Crippen LogP contribution in [0.2, 0.25) is 0 Å². The van der Waals surface area contributed by atoms with Crippen LogP contribution in [0.4, 0.5) is 0 Å². The molecular formula is C9H13N3O2S. The molecule has 0 fully saturated rings. The first kappa shape index (κ1) is 11.8. The van der Waals surface area contributed by atoms with Gasteiger partial charge in [0.25, 0.3) is 0 Å². The van der Waals surface area contributed by atoms with Gasteiger partial charge in [-0.05, 0) is 13.8 Å². The number of nitrogens with zero attached hydrogens (tertiary/aromatic N) is 2. The Morgan fingerprint density at radius 3 is 2.53 bits per heavy atom. The normalized spacial score (nSPS) is 11.7. The van der Waals surface area contributed by atoms with Crippen molar-refractivity contribution in [1.82, 2.24) is 14.5 Å². The quantitative estimate of drug-likeness (QED) is 0.754. The molecule has 1 heterocycles. The van der Waals surface area contributed by atoms with Crippen LogP contribution in [0, 0.1) is 26.2 Å². The number of terminal acetylenes is 1. The fourth-order valence-electron chi connectivity index (χ4n) is 1.29. The maximum Gasteiger partial charge on any atom is 0.247 e. The molecule has 0 bridgehead atoms. The smallest absolute Gasteiger partial charge is 0.247 e. The van der Waals surface area contributed by atoms with Gasteiger partial charge in [0.15, 0.2) is 0 Å². The fourth-order valence-corrected chi connectivity index (χ4v) is 2.70. The first-order chi connectivity index (χ1) is 6.91. The Hall–Kier alpha value is -1.32. The summed E-state index contributed by atoms with van der Waals surface area (Å²) in [6, 6.07) is 0. The maximum atomic E-state index is 12.0. The lowest BCUT2D eigenvalue weighted by Crippen LogP contribution is -2.28. The molecular weight excluding hydrogens is 214 g/mol. The Labute approximate surface area is 89.5 Å². The second-order valence-electron chi connectivity index (χ2n) is 3.23. The summed E-state index contributed by atoms with van der Waals surface area (Å²) in [5.41, 5.74) is 0.979. The van der Waals surface area contributed by atoms with Gasteiger partial charge in [0, 0.05) is 7.05 Å². The number of nitrogens with one attached hydrogen (secondary N) is 1. The van der Waals surface area contributed by atoms with E-state index in [1.54, 1.807) is 13.8 Å². The van der Waals surface area contributed by atoms with E-state index >= 15 is 0 Å². The van der Waals surface area contributed by atoms with Crippen molar-refractivity contribution in [3.63, 3.8) is 0 Å². The van der Waals surface area contributed by atoms with E-state index in [0.29, 0.717) is 11.4 Å². The zero-order chi connectivity index (χ0) is 11.6. The second kappa shape index (κ2) is 4.04. The lowest BCUT2D eigenvalue weighted by atomic mass is 10.4. The van der Waals surface area contributed by atoms with Crippen LogP contribution in [0.1, 0.15) is 11.4 Å². The van der Waals surface area contributed by atoms with Crippen molar-refractivity contribution in [2.24, 2.45) is 0 Å². The minimum atomic E-state index is -3.52. The number of sulfonamides is 1. The van der Waals surface area contributed by atoms with Crippen LogP contribution >= 0.6 is 0 Å². The number of aromatic nitrogens is 2. The minimum Gasteiger partial charge on any atom is -0.281 e. The molecule has 0 atom stereocenters. The molecule has 15 heavy (non-hydrogen) atoms. The molecule has 1 N–H and O–H groups in total. The molecule has 5 nitrogen and oxygen atoms in total. The van der Waals surface area contributed by atoms with Crippen LogP contribution in [-0.4, -0.2) is 36.5 Å². The molecule has 1 rings (SSSR count). The fraction of sp³-hybridized carbons (Fsp3) is 0.444. The zero-order valence-electron chi connectivity index (χ0n) is 8.90. The van der Waals surface area contributed by atoms with E-state index in [9.17, 15) is 8.42 Å². The van der Waals surface area contributed by atoms with Gasteiger partial charge in [-0.2, -0.15) is 9.40 Å². The maximum absolute atomic E-state index is 12.0. The molecule has 1 aromatic heterocycles. The van der Waals surface area contributed by atoms with E-state index in [4.69, 9.17) is 6.42 Å². The minimum absolute atomic E-state index is 0.0480. The van der Waals surface area contributed by atoms with Gasteiger partial charge in [-0.15, -0.1) is 6.42 Å². The Morgan fingerprint density at radius 1 is 1.53 bits per heavy atom. The average Bonchev–Trinajstić information content (AvgIpc) is 2.46. The van der Waals surface area contributed by atoms with Gasteiger partial charge in [0.2, 0.25) is 10.0 Å². The first-order valence-electron chi connectivity index (χ1n) is 4.32. The molecule has 0 aliphatic carbocycles. The molecule has 0 aliphatic rings. The van der Waals surface area contributed by atoms with Gasteiger partial charge in [0.05, 0.1) is 17.9 Å². The van der Waals surface area contributed by atoms with E-state index in [1.165, 1.54) is 7.05 Å². The van der Waals surface area contributed by atoms with Crippen LogP contribution < -0.4 is 0 Å². The molecule has 0 spiro atoms. The molecule has 0 radical (unpaired) electrons. The molecule has 0 aliphatic heterocycles. The number of rotatable bonds is 3. The summed E-state index contributed by atoms with van der Waals surface area (Å²) in [4.78, 5) is 0.209. The summed E-state index contributed by atoms with van der Waals surface area (Å²) >= 11 is 0. The molecule has 1 aromatic rings. The highest BCUT2D eigenvalue weighted by atomic mass is 32.2. The summed E-state index contributed by atoms with van der Waals surface area (Å²) in [5, 5.41) is 6.47. The first-order valence-corrected chi connectivity index (χ1v) is 5.76. The number of aryl methyl sites for hydroxylation is 2. The summed E-state index contributed by atoms with van der Waals surface area (Å²) in [7, 11) is -2.08. The van der Waals surface area contributed by atoms with Crippen molar-refractivity contribution in [2.45, 2.75) is 18.7 Å². The van der Waals surface area contributed by atoms with Crippen molar-refractivity contribution in [3.05, 3.63) is 11.4 Å². The zero-order valence-corrected chi connectivity index (χ0v) is 9.72. The van der Waals surface area contributed by atoms with E-state index < -0.39 is 10.0 Å². The SMILES string of the molecule is C#CCN(C)S(=O)(=O)c1c(C)n[nH]c1C. The lowest BCUT2D eigenvalue weighted by Gasteiger charge is -2.13. The third-order valence-corrected chi connectivity index (χ3v) is 4.11. The summed E-state index contributed by atoms with van der Waals surface area (Å²) in [6.07, 6.45) is 5.08. The monoisotopic (exact) mass is 227 g/mol. The van der Waals surface area contributed by atoms with Crippen LogP contribution in [0.15, 0.2) is 4.90 Å². The van der Waals surface area contributed by atoms with E-state index in [1.807, 2.05) is 0 Å². The molecule has 0 unspecified atom stereocenters. The van der Waals surface area contributed by atoms with E-state index in [0.717, 1.165) is 4.31 Å². The highest BCUT2D eigenvalue weighted by Crippen LogP contribution is 2.19. The molecule has 0 amide bonds. The Balaban J connectivity index is 3.24. The summed E-state index contributed by atoms with van der Waals surface area (Å²) in [5.74, 6) is 2.29. The largest absolute Gasteiger partial charge is 0.281 e. The van der Waals surface area contributed by atoms with Crippen molar-refractivity contribution in [2.75, 3.05) is 13.6 Å². The van der Waals surface area contributed by atoms with Gasteiger partial charge >= 0.3 is 0 Å². The van der Waals surface area contributed by atoms with Crippen molar-refractivity contribution < 1.29 is 8.42 Å². The number of hydrogen-bond acceptors (Lipinski definition) is 3. The highest BCUT2D eigenvalue weighted by molar-refractivity contribution is 7.89. The lowest BCUT2D eigenvalue weighted by molar-refractivity contribution is 0.502. The summed E-state index contributed by atoms with van der Waals surface area (Å²) in [6.45, 7) is 3.35. The van der Waals surface area contributed by atoms with Crippen LogP contribution in [-0.2, 0) is 10.0 Å². The van der Waals surface area contributed by atoms with Crippen LogP contribution in [0.25, 0.3) is 0 Å². The number of H-pyrrole nitrogens is 1. The highest BCUT2D eigenvalue weighted by Gasteiger charge is 2.26. The molecule has 82 valence electrons. The molecule has 6 heteroatoms. The number of hydrogen-bond donors (Lipinski definition) is 1. The predicted octanol–water partition coefficient (Wildman–Crippen LogP) is 0.280. The molecule has 0 saturated heterocycles. The third kappa shape index (κ3) is 2.03. The predicted molar refractivity (Wildman–Crippen MR) is 56.7 cm³/mol. The number of aromatic amines is 1. The Morgan fingerprint density at radius 2 is 2.13 bits per heavy atom. The van der Waals surface area contributed by atoms with Gasteiger partial charge in [-0.25, -0.2) is 8.42 Å². The second-order valence-corrected chi connectivity index (χ2v) is 5.21. The standard InChI is InChI=1S/C9H13N3O2S/c1-5-6-12(4)15(13,14)9-7(2)10-11-8(9)3/h1H,6H2,2-4H3,(H,10,11). The van der Waals surface area contributed by atoms with Crippen LogP contribution in [0.5, 0.6) is 0 Å². The topological polar surface area (TPSA) is 66.1 Å². The van der Waals surface area contributed by atoms with Gasteiger partial charge in [-0.1, -0.05) is 5.92 Å².